The summed E-state index contributed by atoms with van der Waals surface area (Å²) in [6.45, 7) is 6.14. The molecule has 1 N–H and O–H groups in total. The lowest BCUT2D eigenvalue weighted by molar-refractivity contribution is -0.137. The van der Waals surface area contributed by atoms with Gasteiger partial charge in [0, 0.05) is 25.1 Å². The van der Waals surface area contributed by atoms with Crippen LogP contribution >= 0.6 is 0 Å². The number of alkyl halides is 3. The molecule has 1 spiro atoms. The number of likely N-dealkylation sites (N-methyl/N-ethyl adjacent to an activating group) is 1. The minimum absolute atomic E-state index is 0.0367. The number of hydrogen-bond acceptors (Lipinski definition) is 5. The van der Waals surface area contributed by atoms with Crippen LogP contribution in [0.4, 0.5) is 29.7 Å². The molecule has 2 fully saturated rings. The Morgan fingerprint density at radius 1 is 1.08 bits per heavy atom. The summed E-state index contributed by atoms with van der Waals surface area (Å²) < 4.78 is 40.2. The van der Waals surface area contributed by atoms with Crippen LogP contribution in [0.3, 0.4) is 0 Å². The summed E-state index contributed by atoms with van der Waals surface area (Å²) in [7, 11) is 1.86. The molecule has 190 valence electrons. The van der Waals surface area contributed by atoms with Gasteiger partial charge >= 0.3 is 12.2 Å². The molecule has 8 nitrogen and oxygen atoms in total. The van der Waals surface area contributed by atoms with Crippen molar-refractivity contribution in [3.63, 3.8) is 0 Å². The molecule has 2 aromatic heterocycles. The Bertz CT molecular complexity index is 1270. The fourth-order valence-electron chi connectivity index (χ4n) is 5.17. The topological polar surface area (TPSA) is 79.2 Å². The molecular formula is C25H28F3N7O. The first-order valence-electron chi connectivity index (χ1n) is 11.9. The number of imidazole rings is 1. The van der Waals surface area contributed by atoms with Gasteiger partial charge in [0.25, 0.3) is 0 Å². The number of rotatable bonds is 6. The largest absolute Gasteiger partial charge is 0.416 e. The first kappa shape index (κ1) is 24.1. The van der Waals surface area contributed by atoms with Crippen molar-refractivity contribution in [2.24, 2.45) is 5.92 Å². The lowest BCUT2D eigenvalue weighted by atomic mass is 9.94. The van der Waals surface area contributed by atoms with Gasteiger partial charge in [-0.3, -0.25) is 4.90 Å². The SMILES string of the molecule is CC(C)[C@@H]1N(c2ccnc(N[C@@H](C)c3cn(-c4ccc(C(F)(F)F)cc4)cn3)n2)C(=O)N(C)C12CC2. The van der Waals surface area contributed by atoms with E-state index in [9.17, 15) is 18.0 Å². The summed E-state index contributed by atoms with van der Waals surface area (Å²) >= 11 is 0. The van der Waals surface area contributed by atoms with E-state index in [0.717, 1.165) is 25.0 Å². The number of nitrogens with zero attached hydrogens (tertiary/aromatic N) is 6. The molecule has 5 rings (SSSR count). The summed E-state index contributed by atoms with van der Waals surface area (Å²) in [6.07, 6.45) is 2.52. The van der Waals surface area contributed by atoms with E-state index in [0.29, 0.717) is 23.1 Å². The zero-order valence-electron chi connectivity index (χ0n) is 20.5. The van der Waals surface area contributed by atoms with Gasteiger partial charge in [-0.1, -0.05) is 13.8 Å². The average molecular weight is 500 g/mol. The lowest BCUT2D eigenvalue weighted by Crippen LogP contribution is -2.43. The lowest BCUT2D eigenvalue weighted by Gasteiger charge is -2.29. The van der Waals surface area contributed by atoms with Gasteiger partial charge in [0.2, 0.25) is 5.95 Å². The van der Waals surface area contributed by atoms with Crippen LogP contribution < -0.4 is 10.2 Å². The second-order valence-corrected chi connectivity index (χ2v) is 9.86. The normalized spacial score (nSPS) is 19.9. The quantitative estimate of drug-likeness (QED) is 0.499. The Kier molecular flexibility index (Phi) is 5.68. The number of hydrogen-bond donors (Lipinski definition) is 1. The van der Waals surface area contributed by atoms with E-state index >= 15 is 0 Å². The van der Waals surface area contributed by atoms with Crippen molar-refractivity contribution < 1.29 is 18.0 Å². The van der Waals surface area contributed by atoms with Crippen LogP contribution in [0.5, 0.6) is 0 Å². The highest BCUT2D eigenvalue weighted by Crippen LogP contribution is 2.53. The van der Waals surface area contributed by atoms with Crippen molar-refractivity contribution >= 4 is 17.8 Å². The predicted molar refractivity (Wildman–Crippen MR) is 129 cm³/mol. The van der Waals surface area contributed by atoms with Gasteiger partial charge in [-0.15, -0.1) is 0 Å². The number of anilines is 2. The van der Waals surface area contributed by atoms with Crippen LogP contribution in [0.2, 0.25) is 0 Å². The number of amides is 2. The van der Waals surface area contributed by atoms with E-state index in [-0.39, 0.29) is 29.6 Å². The van der Waals surface area contributed by atoms with Gasteiger partial charge in [0.15, 0.2) is 0 Å². The van der Waals surface area contributed by atoms with Crippen LogP contribution in [0.15, 0.2) is 49.1 Å². The molecule has 1 saturated carbocycles. The first-order chi connectivity index (χ1) is 17.0. The predicted octanol–water partition coefficient (Wildman–Crippen LogP) is 5.28. The molecule has 0 bridgehead atoms. The fourth-order valence-corrected chi connectivity index (χ4v) is 5.17. The molecular weight excluding hydrogens is 471 g/mol. The summed E-state index contributed by atoms with van der Waals surface area (Å²) in [4.78, 5) is 30.1. The second kappa shape index (κ2) is 8.49. The number of urea groups is 1. The third kappa shape index (κ3) is 4.06. The van der Waals surface area contributed by atoms with Gasteiger partial charge < -0.3 is 14.8 Å². The molecule has 2 amide bonds. The van der Waals surface area contributed by atoms with E-state index in [4.69, 9.17) is 0 Å². The zero-order valence-corrected chi connectivity index (χ0v) is 20.5. The zero-order chi connectivity index (χ0) is 25.8. The van der Waals surface area contributed by atoms with E-state index in [1.165, 1.54) is 12.1 Å². The number of carbonyl (C=O) groups is 1. The molecule has 0 radical (unpaired) electrons. The van der Waals surface area contributed by atoms with E-state index < -0.39 is 11.7 Å². The molecule has 3 heterocycles. The van der Waals surface area contributed by atoms with Gasteiger partial charge in [0.1, 0.15) is 5.82 Å². The van der Waals surface area contributed by atoms with Crippen molar-refractivity contribution in [3.8, 4) is 5.69 Å². The highest BCUT2D eigenvalue weighted by molar-refractivity contribution is 5.96. The summed E-state index contributed by atoms with van der Waals surface area (Å²) in [5.74, 6) is 1.17. The van der Waals surface area contributed by atoms with Crippen LogP contribution in [0.25, 0.3) is 5.69 Å². The van der Waals surface area contributed by atoms with Crippen molar-refractivity contribution in [2.75, 3.05) is 17.3 Å². The van der Waals surface area contributed by atoms with Crippen LogP contribution in [0.1, 0.15) is 50.9 Å². The van der Waals surface area contributed by atoms with Gasteiger partial charge in [-0.2, -0.15) is 18.2 Å². The molecule has 11 heteroatoms. The first-order valence-corrected chi connectivity index (χ1v) is 11.9. The van der Waals surface area contributed by atoms with Gasteiger partial charge in [0.05, 0.1) is 35.2 Å². The average Bonchev–Trinajstić information content (AvgIpc) is 3.40. The molecule has 2 aliphatic rings. The number of halogens is 3. The van der Waals surface area contributed by atoms with Crippen molar-refractivity contribution in [2.45, 2.75) is 57.4 Å². The number of aromatic nitrogens is 4. The number of nitrogens with one attached hydrogen (secondary N) is 1. The van der Waals surface area contributed by atoms with Gasteiger partial charge in [-0.25, -0.2) is 14.8 Å². The molecule has 3 aromatic rings. The Balaban J connectivity index is 1.33. The van der Waals surface area contributed by atoms with E-state index in [1.54, 1.807) is 34.3 Å². The monoisotopic (exact) mass is 499 g/mol. The molecule has 1 aliphatic carbocycles. The molecule has 1 aromatic carbocycles. The van der Waals surface area contributed by atoms with Crippen LogP contribution in [-0.2, 0) is 6.18 Å². The standard InChI is InChI=1S/C25H28F3N7O/c1-15(2)21-24(10-11-24)33(4)23(36)35(21)20-9-12-29-22(32-20)31-16(3)19-13-34(14-30-19)18-7-5-17(6-8-18)25(26,27)28/h5-9,12-16,21H,10-11H2,1-4H3,(H,29,31,32)/t16-,21-/m0/s1. The van der Waals surface area contributed by atoms with E-state index in [2.05, 4.69) is 34.1 Å². The molecule has 1 saturated heterocycles. The van der Waals surface area contributed by atoms with Crippen molar-refractivity contribution in [1.29, 1.82) is 0 Å². The molecule has 1 aliphatic heterocycles. The number of benzene rings is 1. The number of carbonyl (C=O) groups excluding carboxylic acids is 1. The van der Waals surface area contributed by atoms with E-state index in [1.807, 2.05) is 18.9 Å². The minimum Gasteiger partial charge on any atom is -0.346 e. The smallest absolute Gasteiger partial charge is 0.346 e. The minimum atomic E-state index is -4.38. The van der Waals surface area contributed by atoms with Crippen molar-refractivity contribution in [3.05, 3.63) is 60.3 Å². The Morgan fingerprint density at radius 2 is 1.78 bits per heavy atom. The molecule has 36 heavy (non-hydrogen) atoms. The third-order valence-electron chi connectivity index (χ3n) is 7.16. The molecule has 2 atom stereocenters. The Morgan fingerprint density at radius 3 is 2.39 bits per heavy atom. The second-order valence-electron chi connectivity index (χ2n) is 9.86. The Hall–Kier alpha value is -3.63. The van der Waals surface area contributed by atoms with Crippen LogP contribution in [0, 0.1) is 5.92 Å². The third-order valence-corrected chi connectivity index (χ3v) is 7.16. The van der Waals surface area contributed by atoms with Crippen LogP contribution in [-0.4, -0.2) is 49.1 Å². The maximum atomic E-state index is 13.1. The maximum Gasteiger partial charge on any atom is 0.416 e. The summed E-state index contributed by atoms with van der Waals surface area (Å²) in [5.41, 5.74) is 0.409. The highest BCUT2D eigenvalue weighted by atomic mass is 19.4. The van der Waals surface area contributed by atoms with Gasteiger partial charge in [-0.05, 0) is 56.0 Å². The summed E-state index contributed by atoms with van der Waals surface area (Å²) in [6, 6.07) is 6.34. The van der Waals surface area contributed by atoms with Crippen molar-refractivity contribution in [1.82, 2.24) is 24.4 Å². The maximum absolute atomic E-state index is 13.1. The summed E-state index contributed by atoms with van der Waals surface area (Å²) in [5, 5.41) is 3.22. The fraction of sp³-hybridized carbons (Fsp3) is 0.440. The molecule has 0 unspecified atom stereocenters. The highest BCUT2D eigenvalue weighted by Gasteiger charge is 2.64. The Labute approximate surface area is 207 Å².